The zero-order valence-corrected chi connectivity index (χ0v) is 14.1. The minimum Gasteiger partial charge on any atom is -0.348 e. The van der Waals surface area contributed by atoms with Crippen LogP contribution in [-0.2, 0) is 6.54 Å². The topological polar surface area (TPSA) is 50.2 Å². The summed E-state index contributed by atoms with van der Waals surface area (Å²) in [5, 5.41) is 3.02. The van der Waals surface area contributed by atoms with Gasteiger partial charge in [-0.2, -0.15) is 0 Å². The van der Waals surface area contributed by atoms with Gasteiger partial charge in [-0.15, -0.1) is 0 Å². The van der Waals surface area contributed by atoms with Gasteiger partial charge in [0.15, 0.2) is 0 Å². The number of aryl methyl sites for hydroxylation is 1. The molecule has 0 fully saturated rings. The molecule has 1 N–H and O–H groups in total. The molecule has 3 heterocycles. The molecule has 5 heteroatoms. The number of pyridine rings is 1. The number of carbonyl (C=O) groups excluding carboxylic acids is 1. The first-order chi connectivity index (χ1) is 12.2. The van der Waals surface area contributed by atoms with Crippen molar-refractivity contribution in [2.45, 2.75) is 19.5 Å². The molecule has 5 nitrogen and oxygen atoms in total. The van der Waals surface area contributed by atoms with Crippen LogP contribution in [0.3, 0.4) is 0 Å². The lowest BCUT2D eigenvalue weighted by Gasteiger charge is -2.37. The molecule has 0 radical (unpaired) electrons. The van der Waals surface area contributed by atoms with Gasteiger partial charge in [-0.3, -0.25) is 4.98 Å². The Bertz CT molecular complexity index is 870. The van der Waals surface area contributed by atoms with Crippen molar-refractivity contribution in [1.29, 1.82) is 0 Å². The number of carbonyl (C=O) groups is 1. The van der Waals surface area contributed by atoms with Crippen LogP contribution in [0, 0.1) is 6.92 Å². The maximum absolute atomic E-state index is 13.0. The Balaban J connectivity index is 1.65. The van der Waals surface area contributed by atoms with Crippen LogP contribution in [0.5, 0.6) is 0 Å². The number of hydrogen-bond donors (Lipinski definition) is 1. The largest absolute Gasteiger partial charge is 0.348 e. The van der Waals surface area contributed by atoms with Crippen molar-refractivity contribution >= 4 is 11.7 Å². The van der Waals surface area contributed by atoms with E-state index in [0.717, 1.165) is 23.5 Å². The van der Waals surface area contributed by atoms with Crippen LogP contribution >= 0.6 is 0 Å². The van der Waals surface area contributed by atoms with Crippen molar-refractivity contribution in [3.63, 3.8) is 0 Å². The summed E-state index contributed by atoms with van der Waals surface area (Å²) in [6.07, 6.45) is 5.61. The lowest BCUT2D eigenvalue weighted by atomic mass is 10.0. The van der Waals surface area contributed by atoms with Crippen molar-refractivity contribution in [2.24, 2.45) is 0 Å². The van der Waals surface area contributed by atoms with E-state index in [1.807, 2.05) is 54.3 Å². The average Bonchev–Trinajstić information content (AvgIpc) is 3.12. The predicted molar refractivity (Wildman–Crippen MR) is 97.4 cm³/mol. The number of rotatable bonds is 2. The number of hydrogen-bond acceptors (Lipinski definition) is 2. The number of benzene rings is 1. The molecule has 0 spiro atoms. The number of amides is 2. The summed E-state index contributed by atoms with van der Waals surface area (Å²) in [5.74, 6) is 0. The van der Waals surface area contributed by atoms with Crippen LogP contribution in [0.2, 0.25) is 0 Å². The summed E-state index contributed by atoms with van der Waals surface area (Å²) < 4.78 is 2.21. The third kappa shape index (κ3) is 3.01. The van der Waals surface area contributed by atoms with Gasteiger partial charge in [0.1, 0.15) is 0 Å². The van der Waals surface area contributed by atoms with Gasteiger partial charge in [-0.25, -0.2) is 4.79 Å². The molecular formula is C20H20N4O. The molecule has 0 unspecified atom stereocenters. The summed E-state index contributed by atoms with van der Waals surface area (Å²) in [5.41, 5.74) is 4.17. The van der Waals surface area contributed by atoms with Crippen molar-refractivity contribution in [1.82, 2.24) is 14.5 Å². The highest BCUT2D eigenvalue weighted by Gasteiger charge is 2.32. The number of fused-ring (bicyclic) bond motifs is 1. The highest BCUT2D eigenvalue weighted by Crippen LogP contribution is 2.32. The van der Waals surface area contributed by atoms with Gasteiger partial charge in [0.05, 0.1) is 6.04 Å². The number of urea groups is 1. The Hall–Kier alpha value is -3.08. The highest BCUT2D eigenvalue weighted by atomic mass is 16.2. The third-order valence-corrected chi connectivity index (χ3v) is 4.62. The lowest BCUT2D eigenvalue weighted by molar-refractivity contribution is 0.182. The molecule has 1 atom stereocenters. The SMILES string of the molecule is Cc1ccc(NC(=O)N2CCn3cccc3[C@H]2c2ccncc2)cc1. The quantitative estimate of drug-likeness (QED) is 0.775. The Labute approximate surface area is 146 Å². The molecule has 25 heavy (non-hydrogen) atoms. The van der Waals surface area contributed by atoms with E-state index in [9.17, 15) is 4.79 Å². The fourth-order valence-corrected chi connectivity index (χ4v) is 3.33. The second-order valence-corrected chi connectivity index (χ2v) is 6.30. The molecule has 1 aliphatic rings. The molecule has 1 aromatic carbocycles. The molecule has 126 valence electrons. The van der Waals surface area contributed by atoms with Crippen LogP contribution in [0.4, 0.5) is 10.5 Å². The van der Waals surface area contributed by atoms with Gasteiger partial charge in [-0.05, 0) is 48.9 Å². The summed E-state index contributed by atoms with van der Waals surface area (Å²) in [6, 6.07) is 15.7. The van der Waals surface area contributed by atoms with Crippen LogP contribution < -0.4 is 5.32 Å². The fourth-order valence-electron chi connectivity index (χ4n) is 3.33. The molecule has 0 saturated heterocycles. The molecule has 2 amide bonds. The Morgan fingerprint density at radius 2 is 1.84 bits per heavy atom. The van der Waals surface area contributed by atoms with Gasteiger partial charge in [0, 0.05) is 43.1 Å². The smallest absolute Gasteiger partial charge is 0.322 e. The summed E-state index contributed by atoms with van der Waals surface area (Å²) >= 11 is 0. The van der Waals surface area contributed by atoms with Crippen LogP contribution in [-0.4, -0.2) is 27.0 Å². The molecule has 4 rings (SSSR count). The number of aromatic nitrogens is 2. The second-order valence-electron chi connectivity index (χ2n) is 6.30. The van der Waals surface area contributed by atoms with Gasteiger partial charge in [0.25, 0.3) is 0 Å². The van der Waals surface area contributed by atoms with E-state index >= 15 is 0 Å². The minimum absolute atomic E-state index is 0.0851. The summed E-state index contributed by atoms with van der Waals surface area (Å²) in [6.45, 7) is 3.49. The second kappa shape index (κ2) is 6.43. The normalized spacial score (nSPS) is 16.4. The molecule has 0 bridgehead atoms. The number of anilines is 1. The lowest BCUT2D eigenvalue weighted by Crippen LogP contribution is -2.44. The molecular weight excluding hydrogens is 312 g/mol. The zero-order valence-electron chi connectivity index (χ0n) is 14.1. The maximum atomic E-state index is 13.0. The Morgan fingerprint density at radius 3 is 2.60 bits per heavy atom. The van der Waals surface area contributed by atoms with E-state index in [1.165, 1.54) is 5.56 Å². The number of nitrogens with zero attached hydrogens (tertiary/aromatic N) is 3. The van der Waals surface area contributed by atoms with E-state index in [1.54, 1.807) is 12.4 Å². The van der Waals surface area contributed by atoms with E-state index in [-0.39, 0.29) is 12.1 Å². The average molecular weight is 332 g/mol. The molecule has 1 aliphatic heterocycles. The first-order valence-corrected chi connectivity index (χ1v) is 8.41. The fraction of sp³-hybridized carbons (Fsp3) is 0.200. The standard InChI is InChI=1S/C20H20N4O/c1-15-4-6-17(7-5-15)22-20(25)24-14-13-23-12-2-3-18(23)19(24)16-8-10-21-11-9-16/h2-12,19H,13-14H2,1H3,(H,22,25)/t19-/m1/s1. The van der Waals surface area contributed by atoms with Crippen molar-refractivity contribution in [3.05, 3.63) is 83.9 Å². The molecule has 0 aliphatic carbocycles. The maximum Gasteiger partial charge on any atom is 0.322 e. The van der Waals surface area contributed by atoms with E-state index in [4.69, 9.17) is 0 Å². The van der Waals surface area contributed by atoms with Crippen LogP contribution in [0.1, 0.15) is 22.9 Å². The first kappa shape index (κ1) is 15.4. The predicted octanol–water partition coefficient (Wildman–Crippen LogP) is 3.83. The summed E-state index contributed by atoms with van der Waals surface area (Å²) in [4.78, 5) is 19.0. The molecule has 3 aromatic rings. The molecule has 0 saturated carbocycles. The van der Waals surface area contributed by atoms with E-state index < -0.39 is 0 Å². The molecule has 2 aromatic heterocycles. The Kier molecular flexibility index (Phi) is 3.98. The van der Waals surface area contributed by atoms with Gasteiger partial charge in [-0.1, -0.05) is 17.7 Å². The summed E-state index contributed by atoms with van der Waals surface area (Å²) in [7, 11) is 0. The van der Waals surface area contributed by atoms with E-state index in [0.29, 0.717) is 6.54 Å². The van der Waals surface area contributed by atoms with Crippen LogP contribution in [0.25, 0.3) is 0 Å². The van der Waals surface area contributed by atoms with Gasteiger partial charge in [0.2, 0.25) is 0 Å². The number of nitrogens with one attached hydrogen (secondary N) is 1. The Morgan fingerprint density at radius 1 is 1.08 bits per heavy atom. The third-order valence-electron chi connectivity index (χ3n) is 4.62. The van der Waals surface area contributed by atoms with Gasteiger partial charge < -0.3 is 14.8 Å². The van der Waals surface area contributed by atoms with Gasteiger partial charge >= 0.3 is 6.03 Å². The van der Waals surface area contributed by atoms with Crippen molar-refractivity contribution < 1.29 is 4.79 Å². The zero-order chi connectivity index (χ0) is 17.2. The minimum atomic E-state index is -0.114. The monoisotopic (exact) mass is 332 g/mol. The van der Waals surface area contributed by atoms with E-state index in [2.05, 4.69) is 27.1 Å². The van der Waals surface area contributed by atoms with Crippen LogP contribution in [0.15, 0.2) is 67.1 Å². The highest BCUT2D eigenvalue weighted by molar-refractivity contribution is 5.90. The van der Waals surface area contributed by atoms with Crippen molar-refractivity contribution in [3.8, 4) is 0 Å². The first-order valence-electron chi connectivity index (χ1n) is 8.41. The van der Waals surface area contributed by atoms with Crippen molar-refractivity contribution in [2.75, 3.05) is 11.9 Å².